The van der Waals surface area contributed by atoms with Gasteiger partial charge in [0.15, 0.2) is 0 Å². The van der Waals surface area contributed by atoms with Crippen molar-refractivity contribution in [1.29, 1.82) is 0 Å². The molecule has 4 nitrogen and oxygen atoms in total. The van der Waals surface area contributed by atoms with Crippen LogP contribution in [0.15, 0.2) is 12.3 Å². The molecule has 0 spiro atoms. The van der Waals surface area contributed by atoms with E-state index in [1.807, 2.05) is 6.92 Å². The molecule has 0 saturated heterocycles. The first-order valence-electron chi connectivity index (χ1n) is 4.12. The molecule has 1 amide bonds. The van der Waals surface area contributed by atoms with Crippen molar-refractivity contribution in [3.63, 3.8) is 0 Å². The Morgan fingerprint density at radius 2 is 2.46 bits per heavy atom. The third-order valence-corrected chi connectivity index (χ3v) is 1.54. The van der Waals surface area contributed by atoms with Crippen LogP contribution < -0.4 is 10.6 Å². The van der Waals surface area contributed by atoms with Crippen LogP contribution in [0.2, 0.25) is 0 Å². The minimum absolute atomic E-state index is 0.153. The monoisotopic (exact) mass is 178 g/mol. The van der Waals surface area contributed by atoms with Crippen LogP contribution in [0.3, 0.4) is 0 Å². The Labute approximate surface area is 77.4 Å². The standard InChI is InChI=1S/C9H12N3O/c1-3-11-9(13)7-5-4-6-12-8(7)10-2/h4,6H,3H2,1-2H3,(H,10,12)(H,11,13). The Bertz CT molecular complexity index is 299. The normalized spacial score (nSPS) is 9.38. The van der Waals surface area contributed by atoms with Gasteiger partial charge in [0, 0.05) is 25.9 Å². The smallest absolute Gasteiger partial charge is 0.255 e. The number of nitrogens with zero attached hydrogens (tertiary/aromatic N) is 1. The van der Waals surface area contributed by atoms with Crippen molar-refractivity contribution in [2.45, 2.75) is 6.92 Å². The quantitative estimate of drug-likeness (QED) is 0.715. The molecule has 0 fully saturated rings. The molecule has 69 valence electrons. The molecule has 0 aliphatic heterocycles. The lowest BCUT2D eigenvalue weighted by atomic mass is 10.2. The summed E-state index contributed by atoms with van der Waals surface area (Å²) in [5.74, 6) is 0.397. The van der Waals surface area contributed by atoms with Gasteiger partial charge >= 0.3 is 0 Å². The highest BCUT2D eigenvalue weighted by Crippen LogP contribution is 2.08. The number of pyridine rings is 1. The second kappa shape index (κ2) is 4.45. The van der Waals surface area contributed by atoms with Crippen LogP contribution in [0.4, 0.5) is 5.82 Å². The Morgan fingerprint density at radius 3 is 3.08 bits per heavy atom. The van der Waals surface area contributed by atoms with Crippen molar-refractivity contribution in [1.82, 2.24) is 10.3 Å². The lowest BCUT2D eigenvalue weighted by Crippen LogP contribution is -2.24. The first-order chi connectivity index (χ1) is 6.29. The lowest BCUT2D eigenvalue weighted by Gasteiger charge is -2.05. The highest BCUT2D eigenvalue weighted by molar-refractivity contribution is 5.98. The fraction of sp³-hybridized carbons (Fsp3) is 0.333. The molecule has 0 atom stereocenters. The summed E-state index contributed by atoms with van der Waals surface area (Å²) in [6, 6.07) is 4.45. The molecule has 0 unspecified atom stereocenters. The molecule has 1 heterocycles. The number of carbonyl (C=O) groups excluding carboxylic acids is 1. The third-order valence-electron chi connectivity index (χ3n) is 1.54. The lowest BCUT2D eigenvalue weighted by molar-refractivity contribution is 0.0956. The molecular formula is C9H12N3O. The van der Waals surface area contributed by atoms with Gasteiger partial charge in [-0.15, -0.1) is 0 Å². The number of hydrogen-bond acceptors (Lipinski definition) is 3. The van der Waals surface area contributed by atoms with Gasteiger partial charge in [-0.2, -0.15) is 0 Å². The van der Waals surface area contributed by atoms with Gasteiger partial charge in [0.2, 0.25) is 0 Å². The number of anilines is 1. The zero-order chi connectivity index (χ0) is 9.68. The molecule has 13 heavy (non-hydrogen) atoms. The molecule has 0 aliphatic rings. The molecule has 4 heteroatoms. The number of amides is 1. The molecule has 0 aliphatic carbocycles. The van der Waals surface area contributed by atoms with Gasteiger partial charge < -0.3 is 10.6 Å². The summed E-state index contributed by atoms with van der Waals surface area (Å²) in [6.07, 6.45) is 1.59. The van der Waals surface area contributed by atoms with E-state index in [1.165, 1.54) is 0 Å². The molecule has 1 rings (SSSR count). The van der Waals surface area contributed by atoms with E-state index in [-0.39, 0.29) is 5.91 Å². The fourth-order valence-corrected chi connectivity index (χ4v) is 0.977. The largest absolute Gasteiger partial charge is 0.372 e. The van der Waals surface area contributed by atoms with Crippen LogP contribution in [0, 0.1) is 6.07 Å². The molecule has 1 aromatic heterocycles. The van der Waals surface area contributed by atoms with Gasteiger partial charge in [-0.25, -0.2) is 4.98 Å². The summed E-state index contributed by atoms with van der Waals surface area (Å²) in [7, 11) is 1.72. The number of hydrogen-bond donors (Lipinski definition) is 2. The zero-order valence-electron chi connectivity index (χ0n) is 7.72. The fourth-order valence-electron chi connectivity index (χ4n) is 0.977. The Hall–Kier alpha value is -1.58. The maximum atomic E-state index is 11.4. The molecule has 0 saturated carbocycles. The molecule has 1 aromatic rings. The number of carbonyl (C=O) groups is 1. The second-order valence-corrected chi connectivity index (χ2v) is 2.42. The van der Waals surface area contributed by atoms with Gasteiger partial charge in [-0.3, -0.25) is 4.79 Å². The first kappa shape index (κ1) is 9.51. The third kappa shape index (κ3) is 2.18. The SMILES string of the molecule is CCNC(=O)c1[c]ccnc1NC. The van der Waals surface area contributed by atoms with Crippen LogP contribution in [0.25, 0.3) is 0 Å². The van der Waals surface area contributed by atoms with Crippen molar-refractivity contribution in [3.8, 4) is 0 Å². The van der Waals surface area contributed by atoms with E-state index in [2.05, 4.69) is 21.7 Å². The minimum atomic E-state index is -0.153. The van der Waals surface area contributed by atoms with E-state index in [0.717, 1.165) is 0 Å². The number of rotatable bonds is 3. The maximum absolute atomic E-state index is 11.4. The summed E-state index contributed by atoms with van der Waals surface area (Å²) in [6.45, 7) is 2.47. The van der Waals surface area contributed by atoms with E-state index < -0.39 is 0 Å². The maximum Gasteiger partial charge on any atom is 0.255 e. The Kier molecular flexibility index (Phi) is 3.25. The molecule has 0 aromatic carbocycles. The van der Waals surface area contributed by atoms with Crippen molar-refractivity contribution in [2.75, 3.05) is 18.9 Å². The topological polar surface area (TPSA) is 54.0 Å². The first-order valence-corrected chi connectivity index (χ1v) is 4.12. The van der Waals surface area contributed by atoms with Gasteiger partial charge in [0.05, 0.1) is 5.56 Å². The Balaban J connectivity index is 2.92. The van der Waals surface area contributed by atoms with Crippen LogP contribution in [0.5, 0.6) is 0 Å². The summed E-state index contributed by atoms with van der Waals surface area (Å²) < 4.78 is 0. The van der Waals surface area contributed by atoms with E-state index in [1.54, 1.807) is 19.3 Å². The molecule has 1 radical (unpaired) electrons. The van der Waals surface area contributed by atoms with Crippen molar-refractivity contribution in [2.24, 2.45) is 0 Å². The summed E-state index contributed by atoms with van der Waals surface area (Å²) >= 11 is 0. The summed E-state index contributed by atoms with van der Waals surface area (Å²) in [5, 5.41) is 5.52. The molecular weight excluding hydrogens is 166 g/mol. The van der Waals surface area contributed by atoms with E-state index in [4.69, 9.17) is 0 Å². The molecule has 0 bridgehead atoms. The van der Waals surface area contributed by atoms with Gasteiger partial charge in [-0.1, -0.05) is 0 Å². The van der Waals surface area contributed by atoms with E-state index in [0.29, 0.717) is 17.9 Å². The highest BCUT2D eigenvalue weighted by Gasteiger charge is 2.09. The average Bonchev–Trinajstić information content (AvgIpc) is 2.18. The second-order valence-electron chi connectivity index (χ2n) is 2.42. The van der Waals surface area contributed by atoms with Gasteiger partial charge in [-0.05, 0) is 13.0 Å². The Morgan fingerprint density at radius 1 is 1.69 bits per heavy atom. The van der Waals surface area contributed by atoms with Crippen molar-refractivity contribution < 1.29 is 4.79 Å². The van der Waals surface area contributed by atoms with Crippen LogP contribution in [-0.2, 0) is 0 Å². The van der Waals surface area contributed by atoms with Gasteiger partial charge in [0.1, 0.15) is 5.82 Å². The number of aromatic nitrogens is 1. The van der Waals surface area contributed by atoms with Crippen molar-refractivity contribution >= 4 is 11.7 Å². The predicted molar refractivity (Wildman–Crippen MR) is 50.6 cm³/mol. The molecule has 2 N–H and O–H groups in total. The summed E-state index contributed by atoms with van der Waals surface area (Å²) in [5.41, 5.74) is 0.451. The van der Waals surface area contributed by atoms with Gasteiger partial charge in [0.25, 0.3) is 5.91 Å². The van der Waals surface area contributed by atoms with E-state index >= 15 is 0 Å². The minimum Gasteiger partial charge on any atom is -0.372 e. The van der Waals surface area contributed by atoms with Crippen LogP contribution in [0.1, 0.15) is 17.3 Å². The van der Waals surface area contributed by atoms with Crippen molar-refractivity contribution in [3.05, 3.63) is 23.9 Å². The average molecular weight is 178 g/mol. The van der Waals surface area contributed by atoms with E-state index in [9.17, 15) is 4.79 Å². The number of nitrogens with one attached hydrogen (secondary N) is 2. The van der Waals surface area contributed by atoms with Crippen LogP contribution >= 0.6 is 0 Å². The predicted octanol–water partition coefficient (Wildman–Crippen LogP) is 0.673. The van der Waals surface area contributed by atoms with Crippen LogP contribution in [-0.4, -0.2) is 24.5 Å². The zero-order valence-corrected chi connectivity index (χ0v) is 7.72. The highest BCUT2D eigenvalue weighted by atomic mass is 16.1. The summed E-state index contributed by atoms with van der Waals surface area (Å²) in [4.78, 5) is 15.4.